The highest BCUT2D eigenvalue weighted by molar-refractivity contribution is 5.91. The van der Waals surface area contributed by atoms with Gasteiger partial charge in [-0.1, -0.05) is 12.1 Å². The first kappa shape index (κ1) is 13.1. The highest BCUT2D eigenvalue weighted by atomic mass is 35.5. The van der Waals surface area contributed by atoms with E-state index in [2.05, 4.69) is 15.6 Å². The Balaban J connectivity index is 0.00000120. The molecule has 1 aromatic heterocycles. The third-order valence-corrected chi connectivity index (χ3v) is 3.14. The molecule has 2 heterocycles. The Kier molecular flexibility index (Phi) is 3.99. The van der Waals surface area contributed by atoms with Gasteiger partial charge in [0.2, 0.25) is 0 Å². The van der Waals surface area contributed by atoms with Crippen molar-refractivity contribution < 1.29 is 4.39 Å². The minimum atomic E-state index is -0.268. The average Bonchev–Trinajstić information content (AvgIpc) is 2.83. The zero-order valence-corrected chi connectivity index (χ0v) is 10.6. The second-order valence-corrected chi connectivity index (χ2v) is 4.33. The van der Waals surface area contributed by atoms with Crippen LogP contribution in [-0.2, 0) is 0 Å². The molecule has 2 N–H and O–H groups in total. The van der Waals surface area contributed by atoms with E-state index in [4.69, 9.17) is 0 Å². The number of benzene rings is 1. The molecule has 5 heteroatoms. The van der Waals surface area contributed by atoms with Crippen molar-refractivity contribution in [3.8, 4) is 0 Å². The maximum atomic E-state index is 13.6. The van der Waals surface area contributed by atoms with Crippen LogP contribution in [0.25, 0.3) is 10.9 Å². The van der Waals surface area contributed by atoms with Gasteiger partial charge >= 0.3 is 0 Å². The molecule has 3 rings (SSSR count). The van der Waals surface area contributed by atoms with Crippen LogP contribution in [0.3, 0.4) is 0 Å². The largest absolute Gasteiger partial charge is 0.380 e. The molecule has 3 nitrogen and oxygen atoms in total. The predicted octanol–water partition coefficient (Wildman–Crippen LogP) is 2.57. The molecule has 0 amide bonds. The quantitative estimate of drug-likeness (QED) is 0.878. The minimum Gasteiger partial charge on any atom is -0.380 e. The summed E-state index contributed by atoms with van der Waals surface area (Å²) in [7, 11) is 0. The van der Waals surface area contributed by atoms with Gasteiger partial charge in [0.25, 0.3) is 0 Å². The third kappa shape index (κ3) is 2.40. The summed E-state index contributed by atoms with van der Waals surface area (Å²) in [5, 5.41) is 7.59. The Hall–Kier alpha value is -1.39. The number of aromatic nitrogens is 1. The number of pyridine rings is 1. The lowest BCUT2D eigenvalue weighted by molar-refractivity contribution is 0.637. The lowest BCUT2D eigenvalue weighted by atomic mass is 10.1. The zero-order chi connectivity index (χ0) is 11.7. The van der Waals surface area contributed by atoms with Crippen molar-refractivity contribution in [1.82, 2.24) is 10.3 Å². The summed E-state index contributed by atoms with van der Waals surface area (Å²) >= 11 is 0. The van der Waals surface area contributed by atoms with Crippen molar-refractivity contribution >= 4 is 29.0 Å². The molecular formula is C13H15ClFN3. The highest BCUT2D eigenvalue weighted by Gasteiger charge is 2.15. The number of rotatable bonds is 2. The number of halogens is 2. The van der Waals surface area contributed by atoms with Gasteiger partial charge in [0.1, 0.15) is 11.3 Å². The molecule has 1 aromatic carbocycles. The summed E-state index contributed by atoms with van der Waals surface area (Å²) in [6.07, 6.45) is 2.75. The summed E-state index contributed by atoms with van der Waals surface area (Å²) < 4.78 is 13.6. The molecule has 0 spiro atoms. The van der Waals surface area contributed by atoms with Crippen molar-refractivity contribution in [2.75, 3.05) is 18.4 Å². The van der Waals surface area contributed by atoms with Gasteiger partial charge in [0.15, 0.2) is 0 Å². The first-order valence-corrected chi connectivity index (χ1v) is 5.85. The molecule has 2 aromatic rings. The molecule has 0 saturated carbocycles. The van der Waals surface area contributed by atoms with Gasteiger partial charge < -0.3 is 10.6 Å². The van der Waals surface area contributed by atoms with Gasteiger partial charge in [0.05, 0.1) is 0 Å². The second-order valence-electron chi connectivity index (χ2n) is 4.33. The Bertz CT molecular complexity index is 541. The van der Waals surface area contributed by atoms with Crippen LogP contribution in [0.4, 0.5) is 10.1 Å². The van der Waals surface area contributed by atoms with Crippen LogP contribution < -0.4 is 10.6 Å². The molecule has 1 aliphatic rings. The number of fused-ring (bicyclic) bond motifs is 1. The van der Waals surface area contributed by atoms with E-state index in [0.29, 0.717) is 11.6 Å². The molecule has 1 unspecified atom stereocenters. The van der Waals surface area contributed by atoms with E-state index >= 15 is 0 Å². The van der Waals surface area contributed by atoms with Crippen molar-refractivity contribution in [2.24, 2.45) is 0 Å². The Labute approximate surface area is 111 Å². The number of anilines is 1. The van der Waals surface area contributed by atoms with Gasteiger partial charge in [-0.15, -0.1) is 12.4 Å². The predicted molar refractivity (Wildman–Crippen MR) is 73.8 cm³/mol. The first-order chi connectivity index (χ1) is 8.34. The molecule has 1 saturated heterocycles. The molecule has 1 aliphatic heterocycles. The highest BCUT2D eigenvalue weighted by Crippen LogP contribution is 2.24. The fourth-order valence-corrected chi connectivity index (χ4v) is 2.26. The number of nitrogens with zero attached hydrogens (tertiary/aromatic N) is 1. The molecule has 0 aliphatic carbocycles. The van der Waals surface area contributed by atoms with Crippen molar-refractivity contribution in [3.05, 3.63) is 36.3 Å². The van der Waals surface area contributed by atoms with E-state index in [9.17, 15) is 4.39 Å². The van der Waals surface area contributed by atoms with Crippen molar-refractivity contribution in [1.29, 1.82) is 0 Å². The van der Waals surface area contributed by atoms with Crippen LogP contribution in [0, 0.1) is 5.82 Å². The summed E-state index contributed by atoms with van der Waals surface area (Å²) in [5.41, 5.74) is 1.40. The fraction of sp³-hybridized carbons (Fsp3) is 0.308. The number of para-hydroxylation sites is 1. The normalized spacial score (nSPS) is 18.6. The Morgan fingerprint density at radius 3 is 3.00 bits per heavy atom. The van der Waals surface area contributed by atoms with Gasteiger partial charge in [-0.2, -0.15) is 0 Å². The molecular weight excluding hydrogens is 253 g/mol. The fourth-order valence-electron chi connectivity index (χ4n) is 2.26. The van der Waals surface area contributed by atoms with E-state index < -0.39 is 0 Å². The van der Waals surface area contributed by atoms with Crippen LogP contribution in [0.15, 0.2) is 30.5 Å². The van der Waals surface area contributed by atoms with E-state index in [1.165, 1.54) is 6.07 Å². The summed E-state index contributed by atoms with van der Waals surface area (Å²) in [5.74, 6) is -0.268. The second kappa shape index (κ2) is 5.50. The lowest BCUT2D eigenvalue weighted by Gasteiger charge is -2.14. The average molecular weight is 268 g/mol. The van der Waals surface area contributed by atoms with Crippen LogP contribution in [0.5, 0.6) is 0 Å². The van der Waals surface area contributed by atoms with E-state index in [-0.39, 0.29) is 18.2 Å². The van der Waals surface area contributed by atoms with Crippen molar-refractivity contribution in [3.63, 3.8) is 0 Å². The lowest BCUT2D eigenvalue weighted by Crippen LogP contribution is -2.22. The van der Waals surface area contributed by atoms with E-state index in [0.717, 1.165) is 30.6 Å². The zero-order valence-electron chi connectivity index (χ0n) is 9.82. The Morgan fingerprint density at radius 2 is 2.22 bits per heavy atom. The van der Waals surface area contributed by atoms with E-state index in [1.54, 1.807) is 12.3 Å². The maximum Gasteiger partial charge on any atom is 0.149 e. The molecule has 0 bridgehead atoms. The summed E-state index contributed by atoms with van der Waals surface area (Å²) in [4.78, 5) is 4.09. The van der Waals surface area contributed by atoms with Crippen LogP contribution in [0.1, 0.15) is 6.42 Å². The van der Waals surface area contributed by atoms with Crippen LogP contribution in [-0.4, -0.2) is 24.1 Å². The first-order valence-electron chi connectivity index (χ1n) is 5.85. The van der Waals surface area contributed by atoms with Crippen molar-refractivity contribution in [2.45, 2.75) is 12.5 Å². The monoisotopic (exact) mass is 267 g/mol. The molecule has 18 heavy (non-hydrogen) atoms. The SMILES string of the molecule is Cl.Fc1cccc2c(NC3CCNC3)ccnc12. The molecule has 0 radical (unpaired) electrons. The standard InChI is InChI=1S/C13H14FN3.ClH/c14-11-3-1-2-10-12(5-7-16-13(10)11)17-9-4-6-15-8-9;/h1-3,5,7,9,15H,4,6,8H2,(H,16,17);1H. The van der Waals surface area contributed by atoms with Crippen LogP contribution >= 0.6 is 12.4 Å². The van der Waals surface area contributed by atoms with Gasteiger partial charge in [-0.3, -0.25) is 4.98 Å². The van der Waals surface area contributed by atoms with E-state index in [1.807, 2.05) is 12.1 Å². The summed E-state index contributed by atoms with van der Waals surface area (Å²) in [6.45, 7) is 1.99. The minimum absolute atomic E-state index is 0. The molecule has 1 atom stereocenters. The number of hydrogen-bond donors (Lipinski definition) is 2. The topological polar surface area (TPSA) is 37.0 Å². The molecule has 1 fully saturated rings. The number of nitrogens with one attached hydrogen (secondary N) is 2. The summed E-state index contributed by atoms with van der Waals surface area (Å²) in [6, 6.07) is 7.38. The Morgan fingerprint density at radius 1 is 1.33 bits per heavy atom. The molecule has 96 valence electrons. The van der Waals surface area contributed by atoms with Gasteiger partial charge in [-0.25, -0.2) is 4.39 Å². The third-order valence-electron chi connectivity index (χ3n) is 3.14. The smallest absolute Gasteiger partial charge is 0.149 e. The van der Waals surface area contributed by atoms with Gasteiger partial charge in [-0.05, 0) is 25.1 Å². The number of hydrogen-bond acceptors (Lipinski definition) is 3. The maximum absolute atomic E-state index is 13.6. The van der Waals surface area contributed by atoms with Crippen LogP contribution in [0.2, 0.25) is 0 Å². The van der Waals surface area contributed by atoms with Gasteiger partial charge in [0, 0.05) is 29.9 Å².